The third-order valence-electron chi connectivity index (χ3n) is 4.73. The second-order valence-corrected chi connectivity index (χ2v) is 6.94. The number of halogens is 3. The molecule has 3 aromatic rings. The summed E-state index contributed by atoms with van der Waals surface area (Å²) in [6.45, 7) is 3.21. The van der Waals surface area contributed by atoms with Crippen molar-refractivity contribution in [3.63, 3.8) is 0 Å². The van der Waals surface area contributed by atoms with E-state index in [4.69, 9.17) is 0 Å². The first-order valence-corrected chi connectivity index (χ1v) is 9.20. The van der Waals surface area contributed by atoms with Gasteiger partial charge in [-0.3, -0.25) is 23.6 Å². The van der Waals surface area contributed by atoms with E-state index in [0.29, 0.717) is 5.69 Å². The van der Waals surface area contributed by atoms with Gasteiger partial charge in [0.05, 0.1) is 29.5 Å². The van der Waals surface area contributed by atoms with Crippen LogP contribution in [0.1, 0.15) is 34.0 Å². The van der Waals surface area contributed by atoms with Crippen molar-refractivity contribution < 1.29 is 22.8 Å². The summed E-state index contributed by atoms with van der Waals surface area (Å²) in [7, 11) is 3.28. The average molecular weight is 438 g/mol. The molecule has 0 aliphatic heterocycles. The van der Waals surface area contributed by atoms with Crippen molar-refractivity contribution in [1.82, 2.24) is 29.3 Å². The summed E-state index contributed by atoms with van der Waals surface area (Å²) in [5, 5.41) is 16.8. The smallest absolute Gasteiger partial charge is 0.323 e. The molecule has 0 saturated heterocycles. The highest BCUT2D eigenvalue weighted by atomic mass is 19.4. The van der Waals surface area contributed by atoms with Crippen LogP contribution in [0.15, 0.2) is 18.5 Å². The fourth-order valence-electron chi connectivity index (χ4n) is 2.90. The van der Waals surface area contributed by atoms with Gasteiger partial charge in [0.25, 0.3) is 5.91 Å². The van der Waals surface area contributed by atoms with E-state index in [9.17, 15) is 22.8 Å². The highest BCUT2D eigenvalue weighted by molar-refractivity contribution is 6.09. The molecule has 31 heavy (non-hydrogen) atoms. The predicted molar refractivity (Wildman–Crippen MR) is 104 cm³/mol. The number of amides is 2. The second-order valence-electron chi connectivity index (χ2n) is 6.94. The summed E-state index contributed by atoms with van der Waals surface area (Å²) < 4.78 is 42.3. The Balaban J connectivity index is 1.67. The lowest BCUT2D eigenvalue weighted by Crippen LogP contribution is -2.21. The third-order valence-corrected chi connectivity index (χ3v) is 4.73. The van der Waals surface area contributed by atoms with Crippen molar-refractivity contribution in [2.24, 2.45) is 14.1 Å². The van der Waals surface area contributed by atoms with Crippen LogP contribution in [0, 0.1) is 13.8 Å². The number of hydrogen-bond acceptors (Lipinski definition) is 5. The van der Waals surface area contributed by atoms with Crippen molar-refractivity contribution in [3.05, 3.63) is 41.2 Å². The molecule has 0 unspecified atom stereocenters. The molecule has 0 atom stereocenters. The first-order chi connectivity index (χ1) is 14.5. The van der Waals surface area contributed by atoms with Gasteiger partial charge in [-0.25, -0.2) is 0 Å². The number of carbonyl (C=O) groups excluding carboxylic acids is 2. The molecule has 3 aromatic heterocycles. The standard InChI is InChI=1S/C18H21F3N8O2/c1-10-7-14(18(19,20)21)26-29(10)6-5-15(30)24-13-9-23-28(4)16(13)17(31)25-12-8-22-27(3)11(12)2/h7-9H,5-6H2,1-4H3,(H,24,30)(H,25,31). The van der Waals surface area contributed by atoms with Gasteiger partial charge < -0.3 is 10.6 Å². The van der Waals surface area contributed by atoms with Gasteiger partial charge >= 0.3 is 6.18 Å². The number of nitrogens with one attached hydrogen (secondary N) is 2. The third kappa shape index (κ3) is 4.75. The topological polar surface area (TPSA) is 112 Å². The van der Waals surface area contributed by atoms with Crippen LogP contribution in [0.5, 0.6) is 0 Å². The first kappa shape index (κ1) is 22.1. The SMILES string of the molecule is Cc1c(NC(=O)c2c(NC(=O)CCn3nc(C(F)(F)F)cc3C)cnn2C)cnn1C. The van der Waals surface area contributed by atoms with Crippen molar-refractivity contribution in [2.45, 2.75) is 33.0 Å². The molecule has 166 valence electrons. The molecule has 0 bridgehead atoms. The fraction of sp³-hybridized carbons (Fsp3) is 0.389. The Kier molecular flexibility index (Phi) is 5.86. The average Bonchev–Trinajstić information content (AvgIpc) is 3.33. The van der Waals surface area contributed by atoms with E-state index in [1.165, 1.54) is 24.0 Å². The molecule has 0 aromatic carbocycles. The van der Waals surface area contributed by atoms with Crippen molar-refractivity contribution >= 4 is 23.2 Å². The number of alkyl halides is 3. The zero-order chi connectivity index (χ0) is 22.9. The Morgan fingerprint density at radius 3 is 2.26 bits per heavy atom. The van der Waals surface area contributed by atoms with Gasteiger partial charge in [0, 0.05) is 32.8 Å². The maximum atomic E-state index is 12.8. The van der Waals surface area contributed by atoms with Gasteiger partial charge in [-0.1, -0.05) is 0 Å². The largest absolute Gasteiger partial charge is 0.435 e. The second kappa shape index (κ2) is 8.24. The van der Waals surface area contributed by atoms with Crippen LogP contribution in [0.4, 0.5) is 24.5 Å². The van der Waals surface area contributed by atoms with Crippen LogP contribution in [-0.2, 0) is 31.6 Å². The van der Waals surface area contributed by atoms with Gasteiger partial charge in [-0.05, 0) is 19.9 Å². The Labute approximate surface area is 175 Å². The zero-order valence-electron chi connectivity index (χ0n) is 17.3. The molecule has 0 radical (unpaired) electrons. The van der Waals surface area contributed by atoms with Gasteiger partial charge in [-0.2, -0.15) is 28.5 Å². The van der Waals surface area contributed by atoms with Crippen molar-refractivity contribution in [3.8, 4) is 0 Å². The predicted octanol–water partition coefficient (Wildman–Crippen LogP) is 2.27. The van der Waals surface area contributed by atoms with Crippen LogP contribution in [0.25, 0.3) is 0 Å². The molecular formula is C18H21F3N8O2. The number of aryl methyl sites for hydroxylation is 4. The molecule has 0 spiro atoms. The van der Waals surface area contributed by atoms with Crippen molar-refractivity contribution in [1.29, 1.82) is 0 Å². The molecular weight excluding hydrogens is 417 g/mol. The summed E-state index contributed by atoms with van der Waals surface area (Å²) in [6, 6.07) is 0.919. The number of anilines is 2. The number of nitrogens with zero attached hydrogens (tertiary/aromatic N) is 6. The minimum Gasteiger partial charge on any atom is -0.323 e. The van der Waals surface area contributed by atoms with E-state index in [2.05, 4.69) is 25.9 Å². The lowest BCUT2D eigenvalue weighted by molar-refractivity contribution is -0.141. The van der Waals surface area contributed by atoms with Crippen LogP contribution in [0.3, 0.4) is 0 Å². The minimum absolute atomic E-state index is 0.0512. The molecule has 2 amide bonds. The molecule has 2 N–H and O–H groups in total. The van der Waals surface area contributed by atoms with E-state index in [1.807, 2.05) is 0 Å². The van der Waals surface area contributed by atoms with Gasteiger partial charge in [0.2, 0.25) is 5.91 Å². The lowest BCUT2D eigenvalue weighted by Gasteiger charge is -2.09. The van der Waals surface area contributed by atoms with Crippen LogP contribution < -0.4 is 10.6 Å². The molecule has 0 aliphatic carbocycles. The van der Waals surface area contributed by atoms with Crippen LogP contribution in [-0.4, -0.2) is 41.2 Å². The maximum absolute atomic E-state index is 12.8. The fourth-order valence-corrected chi connectivity index (χ4v) is 2.90. The minimum atomic E-state index is -4.55. The summed E-state index contributed by atoms with van der Waals surface area (Å²) in [5.41, 5.74) is 0.830. The molecule has 3 heterocycles. The van der Waals surface area contributed by atoms with Gasteiger partial charge in [-0.15, -0.1) is 0 Å². The molecule has 0 fully saturated rings. The molecule has 0 saturated carbocycles. The highest BCUT2D eigenvalue weighted by Crippen LogP contribution is 2.28. The quantitative estimate of drug-likeness (QED) is 0.613. The van der Waals surface area contributed by atoms with Gasteiger partial charge in [0.15, 0.2) is 5.69 Å². The number of carbonyl (C=O) groups is 2. The summed E-state index contributed by atoms with van der Waals surface area (Å²) in [4.78, 5) is 25.0. The van der Waals surface area contributed by atoms with Crippen LogP contribution >= 0.6 is 0 Å². The molecule has 0 aliphatic rings. The Morgan fingerprint density at radius 1 is 1.03 bits per heavy atom. The molecule has 10 nitrogen and oxygen atoms in total. The Morgan fingerprint density at radius 2 is 1.68 bits per heavy atom. The number of hydrogen-bond donors (Lipinski definition) is 2. The molecule has 13 heteroatoms. The van der Waals surface area contributed by atoms with Crippen LogP contribution in [0.2, 0.25) is 0 Å². The lowest BCUT2D eigenvalue weighted by atomic mass is 10.3. The monoisotopic (exact) mass is 438 g/mol. The van der Waals surface area contributed by atoms with E-state index in [0.717, 1.165) is 16.4 Å². The number of rotatable bonds is 6. The van der Waals surface area contributed by atoms with E-state index in [1.54, 1.807) is 25.7 Å². The summed E-state index contributed by atoms with van der Waals surface area (Å²) >= 11 is 0. The summed E-state index contributed by atoms with van der Waals surface area (Å²) in [5.74, 6) is -0.993. The highest BCUT2D eigenvalue weighted by Gasteiger charge is 2.34. The van der Waals surface area contributed by atoms with Gasteiger partial charge in [0.1, 0.15) is 5.69 Å². The normalized spacial score (nSPS) is 11.6. The Bertz CT molecular complexity index is 1130. The molecule has 3 rings (SSSR count). The van der Waals surface area contributed by atoms with E-state index >= 15 is 0 Å². The first-order valence-electron chi connectivity index (χ1n) is 9.20. The van der Waals surface area contributed by atoms with E-state index < -0.39 is 23.7 Å². The Hall–Kier alpha value is -3.64. The maximum Gasteiger partial charge on any atom is 0.435 e. The summed E-state index contributed by atoms with van der Waals surface area (Å²) in [6.07, 6.45) is -1.87. The number of aromatic nitrogens is 6. The zero-order valence-corrected chi connectivity index (χ0v) is 17.3. The van der Waals surface area contributed by atoms with E-state index in [-0.39, 0.29) is 30.0 Å². The van der Waals surface area contributed by atoms with Crippen molar-refractivity contribution in [2.75, 3.05) is 10.6 Å².